The van der Waals surface area contributed by atoms with Crippen molar-refractivity contribution >= 4 is 11.4 Å². The van der Waals surface area contributed by atoms with Crippen LogP contribution in [0.25, 0.3) is 0 Å². The number of rotatable bonds is 17. The number of hydrogen-bond donors (Lipinski definition) is 0. The maximum atomic E-state index is 6.20. The maximum absolute atomic E-state index is 6.20. The summed E-state index contributed by atoms with van der Waals surface area (Å²) in [7, 11) is 0. The van der Waals surface area contributed by atoms with E-state index in [4.69, 9.17) is 4.74 Å². The van der Waals surface area contributed by atoms with Crippen molar-refractivity contribution in [1.29, 1.82) is 0 Å². The lowest BCUT2D eigenvalue weighted by molar-refractivity contribution is 0.222. The van der Waals surface area contributed by atoms with Crippen LogP contribution >= 0.6 is 0 Å². The van der Waals surface area contributed by atoms with E-state index in [-0.39, 0.29) is 5.41 Å². The van der Waals surface area contributed by atoms with Gasteiger partial charge in [0.25, 0.3) is 0 Å². The summed E-state index contributed by atoms with van der Waals surface area (Å²) in [6.07, 6.45) is 13.3. The Labute approximate surface area is 347 Å². The quantitative estimate of drug-likeness (QED) is 0.0875. The Balaban J connectivity index is 0.00000270. The summed E-state index contributed by atoms with van der Waals surface area (Å²) in [4.78, 5) is 2.43. The molecule has 0 N–H and O–H groups in total. The first kappa shape index (κ1) is 42.3. The van der Waals surface area contributed by atoms with Gasteiger partial charge in [-0.1, -0.05) is 146 Å². The van der Waals surface area contributed by atoms with Crippen molar-refractivity contribution in [2.24, 2.45) is 17.3 Å². The zero-order valence-electron chi connectivity index (χ0n) is 36.6. The zero-order valence-corrected chi connectivity index (χ0v) is 36.6. The topological polar surface area (TPSA) is 12.5 Å². The smallest absolute Gasteiger partial charge is 0.151 e. The Morgan fingerprint density at radius 3 is 1.63 bits per heavy atom. The normalized spacial score (nSPS) is 15.1. The maximum Gasteiger partial charge on any atom is 0.151 e. The van der Waals surface area contributed by atoms with Crippen LogP contribution in [0.15, 0.2) is 115 Å². The molecule has 7 rings (SSSR count). The second kappa shape index (κ2) is 19.9. The molecule has 2 nitrogen and oxygen atoms in total. The molecule has 57 heavy (non-hydrogen) atoms. The summed E-state index contributed by atoms with van der Waals surface area (Å²) >= 11 is 0. The Kier molecular flexibility index (Phi) is 14.8. The van der Waals surface area contributed by atoms with Crippen LogP contribution in [0.2, 0.25) is 0 Å². The highest BCUT2D eigenvalue weighted by atomic mass is 16.5. The number of fused-ring (bicyclic) bond motifs is 3. The van der Waals surface area contributed by atoms with E-state index in [0.29, 0.717) is 23.7 Å². The molecule has 0 spiro atoms. The van der Waals surface area contributed by atoms with Crippen LogP contribution in [-0.2, 0) is 32.1 Å². The van der Waals surface area contributed by atoms with Gasteiger partial charge in [0.15, 0.2) is 11.5 Å². The molecule has 0 amide bonds. The number of nitrogens with zero attached hydrogens (tertiary/aromatic N) is 1. The van der Waals surface area contributed by atoms with E-state index in [9.17, 15) is 0 Å². The lowest BCUT2D eigenvalue weighted by atomic mass is 9.68. The van der Waals surface area contributed by atoms with Crippen molar-refractivity contribution in [1.82, 2.24) is 0 Å². The molecule has 5 aromatic rings. The van der Waals surface area contributed by atoms with Gasteiger partial charge in [-0.3, -0.25) is 0 Å². The molecule has 1 aliphatic heterocycles. The first-order valence-corrected chi connectivity index (χ1v) is 22.6. The van der Waals surface area contributed by atoms with Crippen LogP contribution in [-0.4, -0.2) is 6.54 Å². The summed E-state index contributed by atoms with van der Waals surface area (Å²) in [5.41, 5.74) is 13.2. The zero-order chi connectivity index (χ0) is 40.4. The van der Waals surface area contributed by atoms with Gasteiger partial charge in [0.2, 0.25) is 0 Å². The molecule has 1 heterocycles. The second-order valence-electron chi connectivity index (χ2n) is 17.9. The highest BCUT2D eigenvalue weighted by molar-refractivity contribution is 5.77. The predicted octanol–water partition coefficient (Wildman–Crippen LogP) is 15.6. The van der Waals surface area contributed by atoms with Crippen molar-refractivity contribution in [2.45, 2.75) is 138 Å². The van der Waals surface area contributed by atoms with Gasteiger partial charge < -0.3 is 9.64 Å². The van der Waals surface area contributed by atoms with Crippen LogP contribution in [0.3, 0.4) is 0 Å². The summed E-state index contributed by atoms with van der Waals surface area (Å²) in [5.74, 6) is 4.24. The fourth-order valence-corrected chi connectivity index (χ4v) is 9.42. The number of anilines is 2. The van der Waals surface area contributed by atoms with Gasteiger partial charge in [0, 0.05) is 6.54 Å². The Morgan fingerprint density at radius 1 is 0.596 bits per heavy atom. The molecular weight excluding hydrogens is 691 g/mol. The van der Waals surface area contributed by atoms with E-state index >= 15 is 0 Å². The molecule has 4 unspecified atom stereocenters. The summed E-state index contributed by atoms with van der Waals surface area (Å²) in [6.45, 7) is 19.7. The standard InChI is InChI=1S/C53H65NO.C2H6/c1-7-47(44-29-23-40(24-30-44)16-8-9-18-42-27-28-43-33-34-46(43)37-42)39(3)38(2)36-48(53(4,5)6)45-31-25-41(26-32-45)17-14-15-35-54-49-19-10-12-21-51(49)55-52-22-13-11-20-50(52)54;1-2/h10-13,19-32,37-39,47-48H,7-9,14-18,33-36H2,1-6H3;1-2H3. The minimum Gasteiger partial charge on any atom is -0.453 e. The van der Waals surface area contributed by atoms with E-state index in [1.54, 1.807) is 11.1 Å². The number of para-hydroxylation sites is 4. The third-order valence-electron chi connectivity index (χ3n) is 13.2. The molecule has 0 bridgehead atoms. The molecule has 0 aromatic heterocycles. The molecule has 1 aliphatic carbocycles. The fraction of sp³-hybridized carbons (Fsp3) is 0.455. The number of benzene rings is 5. The van der Waals surface area contributed by atoms with Gasteiger partial charge in [-0.25, -0.2) is 0 Å². The van der Waals surface area contributed by atoms with E-state index in [0.717, 1.165) is 48.7 Å². The minimum absolute atomic E-state index is 0.199. The van der Waals surface area contributed by atoms with Crippen molar-refractivity contribution < 1.29 is 4.74 Å². The Morgan fingerprint density at radius 2 is 1.11 bits per heavy atom. The van der Waals surface area contributed by atoms with Gasteiger partial charge in [0.05, 0.1) is 11.4 Å². The monoisotopic (exact) mass is 762 g/mol. The van der Waals surface area contributed by atoms with Crippen LogP contribution in [0, 0.1) is 17.3 Å². The molecule has 0 fully saturated rings. The Bertz CT molecular complexity index is 1940. The van der Waals surface area contributed by atoms with Crippen molar-refractivity contribution in [2.75, 3.05) is 11.4 Å². The molecule has 2 aliphatic rings. The number of hydrogen-bond acceptors (Lipinski definition) is 2. The molecular formula is C55H71NO. The molecule has 0 radical (unpaired) electrons. The van der Waals surface area contributed by atoms with Crippen LogP contribution < -0.4 is 9.64 Å². The third-order valence-corrected chi connectivity index (χ3v) is 13.2. The minimum atomic E-state index is 0.199. The van der Waals surface area contributed by atoms with Gasteiger partial charge >= 0.3 is 0 Å². The summed E-state index contributed by atoms with van der Waals surface area (Å²) in [6, 6.07) is 43.4. The van der Waals surface area contributed by atoms with E-state index in [1.807, 2.05) is 13.8 Å². The van der Waals surface area contributed by atoms with E-state index in [2.05, 4.69) is 162 Å². The van der Waals surface area contributed by atoms with Crippen LogP contribution in [0.4, 0.5) is 11.4 Å². The predicted molar refractivity (Wildman–Crippen MR) is 246 cm³/mol. The fourth-order valence-electron chi connectivity index (χ4n) is 9.42. The lowest BCUT2D eigenvalue weighted by Crippen LogP contribution is -2.25. The average molecular weight is 762 g/mol. The largest absolute Gasteiger partial charge is 0.453 e. The molecule has 302 valence electrons. The van der Waals surface area contributed by atoms with Gasteiger partial charge in [-0.05, 0) is 163 Å². The van der Waals surface area contributed by atoms with Crippen molar-refractivity contribution in [3.63, 3.8) is 0 Å². The average Bonchev–Trinajstić information content (AvgIpc) is 3.22. The van der Waals surface area contributed by atoms with E-state index < -0.39 is 0 Å². The summed E-state index contributed by atoms with van der Waals surface area (Å²) in [5, 5.41) is 0. The first-order valence-electron chi connectivity index (χ1n) is 22.6. The Hall–Kier alpha value is -4.30. The molecule has 0 saturated heterocycles. The SMILES string of the molecule is CC.CCC(c1ccc(CCCCc2ccc3c(c2)CC3)cc1)C(C)C(C)CC(c1ccc(CCCCN2c3ccccc3Oc3ccccc32)cc1)C(C)(C)C. The summed E-state index contributed by atoms with van der Waals surface area (Å²) < 4.78 is 6.20. The van der Waals surface area contributed by atoms with Gasteiger partial charge in [0.1, 0.15) is 0 Å². The van der Waals surface area contributed by atoms with E-state index in [1.165, 1.54) is 79.2 Å². The number of aryl methyl sites for hydroxylation is 5. The number of ether oxygens (including phenoxy) is 1. The third kappa shape index (κ3) is 10.6. The van der Waals surface area contributed by atoms with Crippen molar-refractivity contribution in [3.8, 4) is 11.5 Å². The molecule has 0 saturated carbocycles. The first-order chi connectivity index (χ1) is 27.7. The van der Waals surface area contributed by atoms with Crippen molar-refractivity contribution in [3.05, 3.63) is 154 Å². The lowest BCUT2D eigenvalue weighted by Gasteiger charge is -2.37. The highest BCUT2D eigenvalue weighted by Crippen LogP contribution is 2.47. The van der Waals surface area contributed by atoms with Gasteiger partial charge in [-0.2, -0.15) is 0 Å². The highest BCUT2D eigenvalue weighted by Gasteiger charge is 2.32. The van der Waals surface area contributed by atoms with Crippen LogP contribution in [0.1, 0.15) is 145 Å². The molecule has 2 heteroatoms. The second-order valence-corrected chi connectivity index (χ2v) is 17.9. The van der Waals surface area contributed by atoms with Crippen LogP contribution in [0.5, 0.6) is 11.5 Å². The number of unbranched alkanes of at least 4 members (excludes halogenated alkanes) is 2. The molecule has 4 atom stereocenters. The molecule has 5 aromatic carbocycles. The van der Waals surface area contributed by atoms with Gasteiger partial charge in [-0.15, -0.1) is 0 Å².